The molecule has 0 unspecified atom stereocenters. The van der Waals surface area contributed by atoms with Gasteiger partial charge in [-0.2, -0.15) is 0 Å². The smallest absolute Gasteiger partial charge is 0.0901 e. The molecule has 1 rings (SSSR count). The van der Waals surface area contributed by atoms with Crippen molar-refractivity contribution < 1.29 is 0 Å². The lowest BCUT2D eigenvalue weighted by atomic mass is 10.2. The minimum Gasteiger partial charge on any atom is -0.359 e. The predicted octanol–water partition coefficient (Wildman–Crippen LogP) is 3.32. The molecule has 0 aliphatic carbocycles. The van der Waals surface area contributed by atoms with Gasteiger partial charge in [-0.05, 0) is 19.1 Å². The highest BCUT2D eigenvalue weighted by Crippen LogP contribution is 2.13. The summed E-state index contributed by atoms with van der Waals surface area (Å²) in [5, 5.41) is 0. The maximum atomic E-state index is 2.38. The van der Waals surface area contributed by atoms with E-state index in [9.17, 15) is 0 Å². The van der Waals surface area contributed by atoms with Gasteiger partial charge in [-0.1, -0.05) is 26.2 Å². The molecule has 1 aliphatic rings. The Labute approximate surface area is 98.7 Å². The summed E-state index contributed by atoms with van der Waals surface area (Å²) < 4.78 is 0. The van der Waals surface area contributed by atoms with Gasteiger partial charge in [0.1, 0.15) is 0 Å². The molecule has 15 heavy (non-hydrogen) atoms. The maximum Gasteiger partial charge on any atom is 0.0901 e. The Morgan fingerprint density at radius 1 is 1.07 bits per heavy atom. The summed E-state index contributed by atoms with van der Waals surface area (Å²) >= 11 is 2.06. The number of hydrogen-bond donors (Lipinski definition) is 0. The van der Waals surface area contributed by atoms with Crippen LogP contribution in [0.1, 0.15) is 39.5 Å². The summed E-state index contributed by atoms with van der Waals surface area (Å²) in [4.78, 5) is 4.71. The van der Waals surface area contributed by atoms with E-state index in [0.717, 1.165) is 19.1 Å². The molecule has 0 saturated heterocycles. The van der Waals surface area contributed by atoms with Crippen molar-refractivity contribution in [3.63, 3.8) is 0 Å². The van der Waals surface area contributed by atoms with Crippen LogP contribution in [-0.2, 0) is 0 Å². The Balaban J connectivity index is 1.91. The van der Waals surface area contributed by atoms with Gasteiger partial charge in [0.05, 0.1) is 12.5 Å². The maximum absolute atomic E-state index is 2.38. The first-order chi connectivity index (χ1) is 7.36. The van der Waals surface area contributed by atoms with E-state index in [1.807, 2.05) is 0 Å². The molecule has 1 aliphatic heterocycles. The first-order valence-electron chi connectivity index (χ1n) is 6.11. The van der Waals surface area contributed by atoms with Crippen LogP contribution in [0.25, 0.3) is 0 Å². The van der Waals surface area contributed by atoms with Crippen molar-refractivity contribution in [2.24, 2.45) is 0 Å². The Bertz CT molecular complexity index is 182. The van der Waals surface area contributed by atoms with Crippen LogP contribution in [0, 0.1) is 0 Å². The summed E-state index contributed by atoms with van der Waals surface area (Å²) in [5.74, 6) is 2.47. The molecule has 3 heteroatoms. The second kappa shape index (κ2) is 7.91. The van der Waals surface area contributed by atoms with E-state index in [-0.39, 0.29) is 0 Å². The fraction of sp³-hybridized carbons (Fsp3) is 0.833. The number of hydrogen-bond acceptors (Lipinski definition) is 3. The van der Waals surface area contributed by atoms with Gasteiger partial charge in [0.2, 0.25) is 0 Å². The molecule has 0 N–H and O–H groups in total. The van der Waals surface area contributed by atoms with Gasteiger partial charge in [0, 0.05) is 18.9 Å². The quantitative estimate of drug-likeness (QED) is 0.588. The van der Waals surface area contributed by atoms with Gasteiger partial charge in [-0.25, -0.2) is 0 Å². The molecule has 0 aromatic heterocycles. The number of unbranched alkanes of at least 4 members (excludes halogenated alkanes) is 3. The van der Waals surface area contributed by atoms with Crippen LogP contribution in [0.15, 0.2) is 12.4 Å². The van der Waals surface area contributed by atoms with Gasteiger partial charge in [0.25, 0.3) is 0 Å². The lowest BCUT2D eigenvalue weighted by molar-refractivity contribution is 0.301. The highest BCUT2D eigenvalue weighted by Gasteiger charge is 2.09. The molecule has 0 spiro atoms. The van der Waals surface area contributed by atoms with Gasteiger partial charge < -0.3 is 9.80 Å². The molecule has 0 bridgehead atoms. The Morgan fingerprint density at radius 2 is 1.87 bits per heavy atom. The van der Waals surface area contributed by atoms with Crippen LogP contribution in [0.2, 0.25) is 0 Å². The van der Waals surface area contributed by atoms with Crippen molar-refractivity contribution in [1.29, 1.82) is 0 Å². The Hall–Kier alpha value is -0.310. The lowest BCUT2D eigenvalue weighted by Crippen LogP contribution is -2.24. The first-order valence-corrected chi connectivity index (χ1v) is 7.26. The third-order valence-corrected chi connectivity index (χ3v) is 3.75. The molecule has 0 radical (unpaired) electrons. The highest BCUT2D eigenvalue weighted by molar-refractivity contribution is 7.99. The summed E-state index contributed by atoms with van der Waals surface area (Å²) in [7, 11) is 0. The zero-order valence-electron chi connectivity index (χ0n) is 10.1. The van der Waals surface area contributed by atoms with E-state index in [0.29, 0.717) is 0 Å². The Kier molecular flexibility index (Phi) is 6.73. The monoisotopic (exact) mass is 228 g/mol. The first kappa shape index (κ1) is 12.8. The van der Waals surface area contributed by atoms with Crippen molar-refractivity contribution in [2.75, 3.05) is 24.8 Å². The fourth-order valence-corrected chi connectivity index (χ4v) is 2.56. The minimum atomic E-state index is 1.08. The fourth-order valence-electron chi connectivity index (χ4n) is 1.62. The largest absolute Gasteiger partial charge is 0.359 e. The van der Waals surface area contributed by atoms with E-state index in [1.54, 1.807) is 0 Å². The minimum absolute atomic E-state index is 1.08. The van der Waals surface area contributed by atoms with Gasteiger partial charge >= 0.3 is 0 Å². The second-order valence-corrected chi connectivity index (χ2v) is 5.11. The van der Waals surface area contributed by atoms with Crippen LogP contribution in [0.4, 0.5) is 0 Å². The van der Waals surface area contributed by atoms with E-state index >= 15 is 0 Å². The van der Waals surface area contributed by atoms with E-state index in [1.165, 1.54) is 31.4 Å². The molecule has 0 saturated carbocycles. The van der Waals surface area contributed by atoms with Crippen LogP contribution in [0.5, 0.6) is 0 Å². The van der Waals surface area contributed by atoms with Gasteiger partial charge in [-0.3, -0.25) is 0 Å². The molecular formula is C12H24N2S. The molecule has 0 aromatic rings. The topological polar surface area (TPSA) is 6.48 Å². The number of nitrogens with zero attached hydrogens (tertiary/aromatic N) is 2. The summed E-state index contributed by atoms with van der Waals surface area (Å²) in [6, 6.07) is 0. The molecule has 0 amide bonds. The average molecular weight is 228 g/mol. The number of rotatable bonds is 8. The third-order valence-electron chi connectivity index (χ3n) is 2.66. The van der Waals surface area contributed by atoms with Crippen LogP contribution in [-0.4, -0.2) is 34.6 Å². The van der Waals surface area contributed by atoms with Crippen molar-refractivity contribution in [3.8, 4) is 0 Å². The SMILES string of the molecule is CCCCCCSCN1C=CN(CC)C1. The summed E-state index contributed by atoms with van der Waals surface area (Å²) in [6.07, 6.45) is 9.92. The van der Waals surface area contributed by atoms with Crippen LogP contribution < -0.4 is 0 Å². The third kappa shape index (κ3) is 5.36. The molecule has 0 atom stereocenters. The standard InChI is InChI=1S/C12H24N2S/c1-3-5-6-7-10-15-12-14-9-8-13(4-2)11-14/h8-9H,3-7,10-12H2,1-2H3. The molecule has 0 aromatic carbocycles. The van der Waals surface area contributed by atoms with Crippen molar-refractivity contribution in [2.45, 2.75) is 39.5 Å². The molecule has 0 fully saturated rings. The van der Waals surface area contributed by atoms with Crippen LogP contribution in [0.3, 0.4) is 0 Å². The van der Waals surface area contributed by atoms with Gasteiger partial charge in [-0.15, -0.1) is 11.8 Å². The van der Waals surface area contributed by atoms with E-state index in [2.05, 4.69) is 47.8 Å². The summed E-state index contributed by atoms with van der Waals surface area (Å²) in [5.41, 5.74) is 0. The lowest BCUT2D eigenvalue weighted by Gasteiger charge is -2.19. The van der Waals surface area contributed by atoms with Crippen molar-refractivity contribution in [3.05, 3.63) is 12.4 Å². The van der Waals surface area contributed by atoms with E-state index < -0.39 is 0 Å². The molecule has 1 heterocycles. The van der Waals surface area contributed by atoms with Gasteiger partial charge in [0.15, 0.2) is 0 Å². The average Bonchev–Trinajstić information content (AvgIpc) is 2.71. The molecular weight excluding hydrogens is 204 g/mol. The Morgan fingerprint density at radius 3 is 2.53 bits per heavy atom. The van der Waals surface area contributed by atoms with Crippen LogP contribution >= 0.6 is 11.8 Å². The van der Waals surface area contributed by atoms with Crippen molar-refractivity contribution in [1.82, 2.24) is 9.80 Å². The summed E-state index contributed by atoms with van der Waals surface area (Å²) in [6.45, 7) is 6.67. The zero-order chi connectivity index (χ0) is 10.9. The molecule has 88 valence electrons. The van der Waals surface area contributed by atoms with Crippen molar-refractivity contribution >= 4 is 11.8 Å². The van der Waals surface area contributed by atoms with E-state index in [4.69, 9.17) is 0 Å². The number of thioether (sulfide) groups is 1. The predicted molar refractivity (Wildman–Crippen MR) is 69.7 cm³/mol. The molecule has 2 nitrogen and oxygen atoms in total. The highest BCUT2D eigenvalue weighted by atomic mass is 32.2. The second-order valence-electron chi connectivity index (χ2n) is 4.03. The normalized spacial score (nSPS) is 15.3. The zero-order valence-corrected chi connectivity index (χ0v) is 10.9.